The van der Waals surface area contributed by atoms with Gasteiger partial charge in [0.1, 0.15) is 41.8 Å². The molecule has 2 aromatic carbocycles. The Hall–Kier alpha value is -2.21. The first-order chi connectivity index (χ1) is 15.7. The van der Waals surface area contributed by atoms with E-state index in [9.17, 15) is 29.2 Å². The third-order valence-corrected chi connectivity index (χ3v) is 6.49. The highest BCUT2D eigenvalue weighted by atomic mass is 32.2. The second-order valence-electron chi connectivity index (χ2n) is 8.14. The number of aliphatic hydroxyl groups excluding tert-OH is 4. The highest BCUT2D eigenvalue weighted by Gasteiger charge is 2.44. The molecule has 2 heterocycles. The van der Waals surface area contributed by atoms with Gasteiger partial charge >= 0.3 is 0 Å². The molecule has 0 aliphatic carbocycles. The first-order valence-corrected chi connectivity index (χ1v) is 11.3. The number of halogens is 2. The monoisotopic (exact) mass is 481 g/mol. The molecule has 5 atom stereocenters. The number of fused-ring (bicyclic) bond motifs is 1. The fourth-order valence-corrected chi connectivity index (χ4v) is 4.80. The molecule has 0 bridgehead atoms. The summed E-state index contributed by atoms with van der Waals surface area (Å²) in [5.74, 6) is -0.623. The van der Waals surface area contributed by atoms with E-state index in [1.54, 1.807) is 18.3 Å². The molecule has 7 nitrogen and oxygen atoms in total. The fourth-order valence-electron chi connectivity index (χ4n) is 3.83. The second kappa shape index (κ2) is 9.57. The number of benzene rings is 2. The van der Waals surface area contributed by atoms with E-state index in [4.69, 9.17) is 9.47 Å². The van der Waals surface area contributed by atoms with Crippen molar-refractivity contribution in [2.24, 2.45) is 0 Å². The van der Waals surface area contributed by atoms with Crippen molar-refractivity contribution in [2.45, 2.75) is 60.4 Å². The molecule has 33 heavy (non-hydrogen) atoms. The van der Waals surface area contributed by atoms with Crippen LogP contribution in [0.1, 0.15) is 20.1 Å². The van der Waals surface area contributed by atoms with Crippen molar-refractivity contribution in [3.05, 3.63) is 54.2 Å². The van der Waals surface area contributed by atoms with Crippen LogP contribution in [-0.2, 0) is 4.74 Å². The van der Waals surface area contributed by atoms with Gasteiger partial charge in [0.05, 0.1) is 18.2 Å². The lowest BCUT2D eigenvalue weighted by Crippen LogP contribution is -2.56. The Morgan fingerprint density at radius 2 is 1.79 bits per heavy atom. The topological polar surface area (TPSA) is 104 Å². The molecule has 4 N–H and O–H groups in total. The summed E-state index contributed by atoms with van der Waals surface area (Å²) in [6.45, 7) is 3.10. The van der Waals surface area contributed by atoms with Gasteiger partial charge in [-0.3, -0.25) is 0 Å². The summed E-state index contributed by atoms with van der Waals surface area (Å²) >= 11 is 1.06. The summed E-state index contributed by atoms with van der Waals surface area (Å²) in [5, 5.41) is 40.7. The first kappa shape index (κ1) is 23.9. The van der Waals surface area contributed by atoms with Gasteiger partial charge in [0, 0.05) is 27.4 Å². The van der Waals surface area contributed by atoms with Gasteiger partial charge in [0.15, 0.2) is 6.23 Å². The lowest BCUT2D eigenvalue weighted by Gasteiger charge is -2.40. The number of rotatable bonds is 6. The highest BCUT2D eigenvalue weighted by molar-refractivity contribution is 7.99. The van der Waals surface area contributed by atoms with Crippen LogP contribution in [-0.4, -0.2) is 62.1 Å². The molecular formula is C23H25F2NO6S. The van der Waals surface area contributed by atoms with Crippen molar-refractivity contribution in [1.82, 2.24) is 4.57 Å². The number of ether oxygens (including phenoxy) is 2. The van der Waals surface area contributed by atoms with E-state index in [1.807, 2.05) is 13.8 Å². The van der Waals surface area contributed by atoms with Crippen molar-refractivity contribution in [2.75, 3.05) is 6.61 Å². The molecular weight excluding hydrogens is 456 g/mol. The summed E-state index contributed by atoms with van der Waals surface area (Å²) in [7, 11) is 0. The van der Waals surface area contributed by atoms with E-state index < -0.39 is 48.9 Å². The molecule has 10 heteroatoms. The SMILES string of the molecule is CC(C)Oc1ccc(Sc2cn([C@@H]3O[C@H](CO)[C@@H](O)[C@H](O)[C@H]3O)c3ccc(F)cc23)c(F)c1. The van der Waals surface area contributed by atoms with Crippen LogP contribution in [0.15, 0.2) is 52.4 Å². The Balaban J connectivity index is 1.73. The Kier molecular flexibility index (Phi) is 6.94. The number of nitrogens with zero attached hydrogens (tertiary/aromatic N) is 1. The zero-order valence-electron chi connectivity index (χ0n) is 17.9. The number of aromatic nitrogens is 1. The van der Waals surface area contributed by atoms with Crippen LogP contribution in [0, 0.1) is 11.6 Å². The van der Waals surface area contributed by atoms with Crippen LogP contribution in [0.3, 0.4) is 0 Å². The second-order valence-corrected chi connectivity index (χ2v) is 9.23. The Morgan fingerprint density at radius 3 is 2.45 bits per heavy atom. The first-order valence-electron chi connectivity index (χ1n) is 10.4. The van der Waals surface area contributed by atoms with E-state index in [0.717, 1.165) is 11.8 Å². The van der Waals surface area contributed by atoms with Crippen LogP contribution in [0.2, 0.25) is 0 Å². The molecule has 1 saturated heterocycles. The maximum absolute atomic E-state index is 14.7. The van der Waals surface area contributed by atoms with Crippen molar-refractivity contribution in [1.29, 1.82) is 0 Å². The van der Waals surface area contributed by atoms with Gasteiger partial charge in [-0.1, -0.05) is 11.8 Å². The predicted molar refractivity (Wildman–Crippen MR) is 117 cm³/mol. The van der Waals surface area contributed by atoms with Crippen LogP contribution in [0.5, 0.6) is 5.75 Å². The van der Waals surface area contributed by atoms with Crippen molar-refractivity contribution < 1.29 is 38.7 Å². The van der Waals surface area contributed by atoms with E-state index >= 15 is 0 Å². The lowest BCUT2D eigenvalue weighted by atomic mass is 9.98. The largest absolute Gasteiger partial charge is 0.491 e. The predicted octanol–water partition coefficient (Wildman–Crippen LogP) is 2.83. The molecule has 0 unspecified atom stereocenters. The smallest absolute Gasteiger partial charge is 0.163 e. The number of hydrogen-bond acceptors (Lipinski definition) is 7. The van der Waals surface area contributed by atoms with Gasteiger partial charge in [-0.15, -0.1) is 0 Å². The average Bonchev–Trinajstić information content (AvgIpc) is 3.11. The summed E-state index contributed by atoms with van der Waals surface area (Å²) in [4.78, 5) is 0.765. The molecule has 4 rings (SSSR count). The van der Waals surface area contributed by atoms with E-state index in [-0.39, 0.29) is 11.0 Å². The minimum absolute atomic E-state index is 0.109. The summed E-state index contributed by atoms with van der Waals surface area (Å²) in [5.41, 5.74) is 0.461. The summed E-state index contributed by atoms with van der Waals surface area (Å²) in [6.07, 6.45) is -5.42. The van der Waals surface area contributed by atoms with Crippen molar-refractivity contribution in [3.8, 4) is 5.75 Å². The molecule has 178 valence electrons. The van der Waals surface area contributed by atoms with Gasteiger partial charge in [0.25, 0.3) is 0 Å². The standard InChI is InChI=1S/C23H25F2NO6S/c1-11(2)31-13-4-6-18(15(25)8-13)33-19-9-26(16-5-3-12(24)7-14(16)19)23-22(30)21(29)20(28)17(10-27)32-23/h3-9,11,17,20-23,27-30H,10H2,1-2H3/t17-,20-,21+,22-,23-/m1/s1. The quantitative estimate of drug-likeness (QED) is 0.429. The third kappa shape index (κ3) is 4.72. The van der Waals surface area contributed by atoms with Crippen LogP contribution in [0.4, 0.5) is 8.78 Å². The van der Waals surface area contributed by atoms with Gasteiger partial charge < -0.3 is 34.5 Å². The molecule has 3 aromatic rings. The maximum Gasteiger partial charge on any atom is 0.163 e. The van der Waals surface area contributed by atoms with Gasteiger partial charge in [0.2, 0.25) is 0 Å². The zero-order chi connectivity index (χ0) is 23.9. The highest BCUT2D eigenvalue weighted by Crippen LogP contribution is 2.40. The fraction of sp³-hybridized carbons (Fsp3) is 0.391. The van der Waals surface area contributed by atoms with E-state index in [1.165, 1.54) is 28.8 Å². The van der Waals surface area contributed by atoms with Crippen molar-refractivity contribution >= 4 is 22.7 Å². The average molecular weight is 482 g/mol. The molecule has 1 fully saturated rings. The van der Waals surface area contributed by atoms with E-state index in [0.29, 0.717) is 21.5 Å². The normalized spacial score (nSPS) is 25.7. The Labute approximate surface area is 193 Å². The number of aliphatic hydroxyl groups is 4. The van der Waals surface area contributed by atoms with Crippen LogP contribution < -0.4 is 4.74 Å². The number of hydrogen-bond donors (Lipinski definition) is 4. The summed E-state index contributed by atoms with van der Waals surface area (Å²) < 4.78 is 41.5. The minimum Gasteiger partial charge on any atom is -0.491 e. The molecule has 0 saturated carbocycles. The van der Waals surface area contributed by atoms with E-state index in [2.05, 4.69) is 0 Å². The molecule has 1 aliphatic rings. The Bertz CT molecular complexity index is 1140. The molecule has 1 aliphatic heterocycles. The molecule has 0 spiro atoms. The van der Waals surface area contributed by atoms with Crippen LogP contribution >= 0.6 is 11.8 Å². The lowest BCUT2D eigenvalue weighted by molar-refractivity contribution is -0.250. The van der Waals surface area contributed by atoms with Crippen molar-refractivity contribution in [3.63, 3.8) is 0 Å². The molecule has 0 radical (unpaired) electrons. The summed E-state index contributed by atoms with van der Waals surface area (Å²) in [6, 6.07) is 8.48. The molecule has 0 amide bonds. The van der Waals surface area contributed by atoms with Crippen LogP contribution in [0.25, 0.3) is 10.9 Å². The minimum atomic E-state index is -1.57. The van der Waals surface area contributed by atoms with Gasteiger partial charge in [-0.05, 0) is 44.2 Å². The third-order valence-electron chi connectivity index (χ3n) is 5.39. The Morgan fingerprint density at radius 1 is 1.03 bits per heavy atom. The molecule has 1 aromatic heterocycles. The zero-order valence-corrected chi connectivity index (χ0v) is 18.7. The maximum atomic E-state index is 14.7. The van der Waals surface area contributed by atoms with Gasteiger partial charge in [-0.25, -0.2) is 8.78 Å². The van der Waals surface area contributed by atoms with Gasteiger partial charge in [-0.2, -0.15) is 0 Å².